The van der Waals surface area contributed by atoms with Gasteiger partial charge in [0.15, 0.2) is 0 Å². The zero-order chi connectivity index (χ0) is 12.5. The van der Waals surface area contributed by atoms with E-state index >= 15 is 0 Å². The van der Waals surface area contributed by atoms with Gasteiger partial charge in [-0.25, -0.2) is 4.68 Å². The molecular weight excluding hydrogens is 224 g/mol. The molecule has 2 aromatic rings. The second kappa shape index (κ2) is 4.53. The SMILES string of the molecule is Cc1ccc(CNC2CC2)c(-c2cnnn2C)c1. The summed E-state index contributed by atoms with van der Waals surface area (Å²) in [6.07, 6.45) is 4.46. The molecule has 3 rings (SSSR count). The summed E-state index contributed by atoms with van der Waals surface area (Å²) in [6, 6.07) is 7.30. The van der Waals surface area contributed by atoms with E-state index in [1.165, 1.54) is 29.5 Å². The van der Waals surface area contributed by atoms with E-state index in [-0.39, 0.29) is 0 Å². The second-order valence-electron chi connectivity index (χ2n) is 5.06. The first-order chi connectivity index (χ1) is 8.74. The standard InChI is InChI=1S/C14H18N4/c1-10-3-4-11(8-15-12-5-6-12)13(7-10)14-9-16-17-18(14)2/h3-4,7,9,12,15H,5-6,8H2,1-2H3. The lowest BCUT2D eigenvalue weighted by Crippen LogP contribution is -2.16. The number of hydrogen-bond acceptors (Lipinski definition) is 3. The molecule has 1 aromatic heterocycles. The van der Waals surface area contributed by atoms with Crippen LogP contribution in [-0.2, 0) is 13.6 Å². The molecule has 4 heteroatoms. The quantitative estimate of drug-likeness (QED) is 0.892. The van der Waals surface area contributed by atoms with Gasteiger partial charge in [-0.15, -0.1) is 5.10 Å². The molecule has 1 aliphatic rings. The van der Waals surface area contributed by atoms with Crippen molar-refractivity contribution in [1.29, 1.82) is 0 Å². The maximum atomic E-state index is 4.02. The van der Waals surface area contributed by atoms with E-state index in [4.69, 9.17) is 0 Å². The van der Waals surface area contributed by atoms with Crippen LogP contribution >= 0.6 is 0 Å². The molecule has 1 aromatic carbocycles. The Balaban J connectivity index is 1.94. The number of aromatic nitrogens is 3. The third-order valence-electron chi connectivity index (χ3n) is 3.41. The summed E-state index contributed by atoms with van der Waals surface area (Å²) in [5.41, 5.74) is 4.89. The molecular formula is C14H18N4. The number of nitrogens with one attached hydrogen (secondary N) is 1. The highest BCUT2D eigenvalue weighted by Crippen LogP contribution is 2.25. The molecule has 4 nitrogen and oxygen atoms in total. The third-order valence-corrected chi connectivity index (χ3v) is 3.41. The topological polar surface area (TPSA) is 42.7 Å². The Kier molecular flexibility index (Phi) is 2.88. The normalized spacial score (nSPS) is 15.0. The first kappa shape index (κ1) is 11.4. The van der Waals surface area contributed by atoms with Crippen LogP contribution in [0.1, 0.15) is 24.0 Å². The summed E-state index contributed by atoms with van der Waals surface area (Å²) >= 11 is 0. The minimum atomic E-state index is 0.726. The number of aryl methyl sites for hydroxylation is 2. The average molecular weight is 242 g/mol. The minimum absolute atomic E-state index is 0.726. The Bertz CT molecular complexity index is 555. The van der Waals surface area contributed by atoms with E-state index in [1.54, 1.807) is 0 Å². The Hall–Kier alpha value is -1.68. The highest BCUT2D eigenvalue weighted by molar-refractivity contribution is 5.64. The molecule has 0 spiro atoms. The molecule has 94 valence electrons. The molecule has 0 unspecified atom stereocenters. The highest BCUT2D eigenvalue weighted by Gasteiger charge is 2.20. The lowest BCUT2D eigenvalue weighted by molar-refractivity contribution is 0.685. The van der Waals surface area contributed by atoms with E-state index in [9.17, 15) is 0 Å². The third kappa shape index (κ3) is 2.29. The van der Waals surface area contributed by atoms with Gasteiger partial charge < -0.3 is 5.32 Å². The first-order valence-corrected chi connectivity index (χ1v) is 6.42. The molecule has 0 saturated heterocycles. The van der Waals surface area contributed by atoms with Gasteiger partial charge in [-0.2, -0.15) is 0 Å². The average Bonchev–Trinajstić information content (AvgIpc) is 3.09. The van der Waals surface area contributed by atoms with E-state index in [0.29, 0.717) is 0 Å². The summed E-state index contributed by atoms with van der Waals surface area (Å²) in [5.74, 6) is 0. The minimum Gasteiger partial charge on any atom is -0.310 e. The molecule has 0 bridgehead atoms. The van der Waals surface area contributed by atoms with Gasteiger partial charge in [0, 0.05) is 25.2 Å². The van der Waals surface area contributed by atoms with Gasteiger partial charge in [-0.1, -0.05) is 22.9 Å². The van der Waals surface area contributed by atoms with Crippen LogP contribution in [-0.4, -0.2) is 21.0 Å². The van der Waals surface area contributed by atoms with E-state index in [0.717, 1.165) is 18.3 Å². The zero-order valence-corrected chi connectivity index (χ0v) is 10.8. The number of nitrogens with zero attached hydrogens (tertiary/aromatic N) is 3. The smallest absolute Gasteiger partial charge is 0.0885 e. The Morgan fingerprint density at radius 1 is 1.39 bits per heavy atom. The summed E-state index contributed by atoms with van der Waals surface area (Å²) < 4.78 is 1.83. The van der Waals surface area contributed by atoms with Crippen molar-refractivity contribution in [1.82, 2.24) is 20.3 Å². The fraction of sp³-hybridized carbons (Fsp3) is 0.429. The molecule has 1 fully saturated rings. The molecule has 1 N–H and O–H groups in total. The summed E-state index contributed by atoms with van der Waals surface area (Å²) in [4.78, 5) is 0. The Labute approximate surface area is 107 Å². The van der Waals surface area contributed by atoms with Crippen molar-refractivity contribution < 1.29 is 0 Å². The van der Waals surface area contributed by atoms with Gasteiger partial charge in [0.2, 0.25) is 0 Å². The van der Waals surface area contributed by atoms with Crippen LogP contribution in [0.2, 0.25) is 0 Å². The van der Waals surface area contributed by atoms with Crippen molar-refractivity contribution in [2.24, 2.45) is 7.05 Å². The van der Waals surface area contributed by atoms with E-state index in [2.05, 4.69) is 40.8 Å². The van der Waals surface area contributed by atoms with Gasteiger partial charge >= 0.3 is 0 Å². The van der Waals surface area contributed by atoms with Crippen molar-refractivity contribution in [3.8, 4) is 11.3 Å². The molecule has 18 heavy (non-hydrogen) atoms. The van der Waals surface area contributed by atoms with Crippen LogP contribution in [0, 0.1) is 6.92 Å². The van der Waals surface area contributed by atoms with Gasteiger partial charge in [-0.3, -0.25) is 0 Å². The van der Waals surface area contributed by atoms with Crippen LogP contribution in [0.4, 0.5) is 0 Å². The van der Waals surface area contributed by atoms with E-state index in [1.807, 2.05) is 17.9 Å². The van der Waals surface area contributed by atoms with Crippen molar-refractivity contribution >= 4 is 0 Å². The van der Waals surface area contributed by atoms with Gasteiger partial charge in [0.05, 0.1) is 11.9 Å². The monoisotopic (exact) mass is 242 g/mol. The Morgan fingerprint density at radius 3 is 2.89 bits per heavy atom. The number of rotatable bonds is 4. The van der Waals surface area contributed by atoms with Crippen molar-refractivity contribution in [3.63, 3.8) is 0 Å². The Morgan fingerprint density at radius 2 is 2.22 bits per heavy atom. The highest BCUT2D eigenvalue weighted by atomic mass is 15.4. The van der Waals surface area contributed by atoms with Crippen LogP contribution in [0.5, 0.6) is 0 Å². The number of benzene rings is 1. The second-order valence-corrected chi connectivity index (χ2v) is 5.06. The zero-order valence-electron chi connectivity index (χ0n) is 10.8. The first-order valence-electron chi connectivity index (χ1n) is 6.42. The fourth-order valence-corrected chi connectivity index (χ4v) is 2.16. The molecule has 1 heterocycles. The maximum absolute atomic E-state index is 4.02. The fourth-order valence-electron chi connectivity index (χ4n) is 2.16. The number of hydrogen-bond donors (Lipinski definition) is 1. The van der Waals surface area contributed by atoms with Gasteiger partial charge in [-0.05, 0) is 31.4 Å². The van der Waals surface area contributed by atoms with Crippen molar-refractivity contribution in [2.45, 2.75) is 32.4 Å². The lowest BCUT2D eigenvalue weighted by atomic mass is 10.0. The molecule has 1 saturated carbocycles. The largest absolute Gasteiger partial charge is 0.310 e. The predicted octanol–water partition coefficient (Wildman–Crippen LogP) is 2.04. The molecule has 0 aliphatic heterocycles. The van der Waals surface area contributed by atoms with Crippen LogP contribution in [0.3, 0.4) is 0 Å². The van der Waals surface area contributed by atoms with E-state index < -0.39 is 0 Å². The van der Waals surface area contributed by atoms with Crippen LogP contribution < -0.4 is 5.32 Å². The molecule has 0 radical (unpaired) electrons. The predicted molar refractivity (Wildman–Crippen MR) is 71.0 cm³/mol. The molecule has 0 atom stereocenters. The summed E-state index contributed by atoms with van der Waals surface area (Å²) in [6.45, 7) is 3.04. The van der Waals surface area contributed by atoms with Crippen LogP contribution in [0.15, 0.2) is 24.4 Å². The molecule has 1 aliphatic carbocycles. The molecule has 0 amide bonds. The maximum Gasteiger partial charge on any atom is 0.0885 e. The van der Waals surface area contributed by atoms with Crippen molar-refractivity contribution in [2.75, 3.05) is 0 Å². The van der Waals surface area contributed by atoms with Gasteiger partial charge in [0.1, 0.15) is 0 Å². The summed E-state index contributed by atoms with van der Waals surface area (Å²) in [5, 5.41) is 11.6. The lowest BCUT2D eigenvalue weighted by Gasteiger charge is -2.11. The van der Waals surface area contributed by atoms with Crippen LogP contribution in [0.25, 0.3) is 11.3 Å². The summed E-state index contributed by atoms with van der Waals surface area (Å²) in [7, 11) is 1.93. The van der Waals surface area contributed by atoms with Gasteiger partial charge in [0.25, 0.3) is 0 Å². The van der Waals surface area contributed by atoms with Crippen molar-refractivity contribution in [3.05, 3.63) is 35.5 Å².